The van der Waals surface area contributed by atoms with Crippen molar-refractivity contribution in [1.29, 1.82) is 0 Å². The number of aromatic nitrogens is 3. The third kappa shape index (κ3) is 2.75. The predicted molar refractivity (Wildman–Crippen MR) is 95.7 cm³/mol. The summed E-state index contributed by atoms with van der Waals surface area (Å²) in [5.41, 5.74) is 4.74. The first kappa shape index (κ1) is 16.4. The molecule has 4 aromatic rings. The van der Waals surface area contributed by atoms with Crippen molar-refractivity contribution in [2.45, 2.75) is 13.2 Å². The van der Waals surface area contributed by atoms with Gasteiger partial charge in [0.05, 0.1) is 23.0 Å². The highest BCUT2D eigenvalue weighted by Gasteiger charge is 2.14. The molecule has 0 saturated carbocycles. The van der Waals surface area contributed by atoms with E-state index in [2.05, 4.69) is 10.1 Å². The standard InChI is InChI=1S/C20H16FN3O2/c1-12-9-14(4-5-17(12)21)19-15(3-2-7-22-19)13-6-8-24-18(10-13)16(11-23-24)20(25)26/h2-11,20,25-26H,1H3. The lowest BCUT2D eigenvalue weighted by Gasteiger charge is -2.11. The first-order valence-electron chi connectivity index (χ1n) is 8.10. The van der Waals surface area contributed by atoms with Gasteiger partial charge in [-0.1, -0.05) is 6.07 Å². The van der Waals surface area contributed by atoms with Gasteiger partial charge in [-0.25, -0.2) is 8.91 Å². The Hall–Kier alpha value is -3.09. The van der Waals surface area contributed by atoms with Gasteiger partial charge >= 0.3 is 0 Å². The van der Waals surface area contributed by atoms with Crippen LogP contribution in [0.5, 0.6) is 0 Å². The van der Waals surface area contributed by atoms with E-state index in [9.17, 15) is 14.6 Å². The lowest BCUT2D eigenvalue weighted by molar-refractivity contribution is -0.0413. The molecule has 26 heavy (non-hydrogen) atoms. The molecule has 5 nitrogen and oxygen atoms in total. The van der Waals surface area contributed by atoms with Crippen LogP contribution in [-0.4, -0.2) is 24.8 Å². The number of fused-ring (bicyclic) bond motifs is 1. The number of halogens is 1. The first-order chi connectivity index (χ1) is 12.5. The number of hydrogen-bond acceptors (Lipinski definition) is 4. The van der Waals surface area contributed by atoms with Crippen LogP contribution in [0, 0.1) is 12.7 Å². The Morgan fingerprint density at radius 1 is 1.08 bits per heavy atom. The van der Waals surface area contributed by atoms with Crippen LogP contribution in [0.4, 0.5) is 4.39 Å². The molecule has 0 spiro atoms. The molecule has 0 aliphatic carbocycles. The molecule has 0 bridgehead atoms. The maximum atomic E-state index is 13.6. The van der Waals surface area contributed by atoms with Gasteiger partial charge < -0.3 is 10.2 Å². The summed E-state index contributed by atoms with van der Waals surface area (Å²) in [5, 5.41) is 23.1. The third-order valence-corrected chi connectivity index (χ3v) is 4.38. The largest absolute Gasteiger partial charge is 0.364 e. The van der Waals surface area contributed by atoms with Gasteiger partial charge in [0.25, 0.3) is 0 Å². The number of pyridine rings is 2. The molecule has 0 amide bonds. The predicted octanol–water partition coefficient (Wildman–Crippen LogP) is 3.49. The maximum absolute atomic E-state index is 13.6. The second-order valence-corrected chi connectivity index (χ2v) is 6.08. The van der Waals surface area contributed by atoms with Gasteiger partial charge in [0.2, 0.25) is 0 Å². The second-order valence-electron chi connectivity index (χ2n) is 6.08. The lowest BCUT2D eigenvalue weighted by Crippen LogP contribution is -1.95. The number of rotatable bonds is 3. The van der Waals surface area contributed by atoms with E-state index in [1.54, 1.807) is 36.0 Å². The summed E-state index contributed by atoms with van der Waals surface area (Å²) in [6.45, 7) is 1.72. The summed E-state index contributed by atoms with van der Waals surface area (Å²) in [6.07, 6.45) is 3.27. The molecular formula is C20H16FN3O2. The van der Waals surface area contributed by atoms with Crippen LogP contribution >= 0.6 is 0 Å². The molecule has 2 N–H and O–H groups in total. The number of benzene rings is 1. The Labute approximate surface area is 149 Å². The van der Waals surface area contributed by atoms with Crippen molar-refractivity contribution in [3.05, 3.63) is 78.0 Å². The second kappa shape index (κ2) is 6.33. The van der Waals surface area contributed by atoms with Crippen molar-refractivity contribution < 1.29 is 14.6 Å². The van der Waals surface area contributed by atoms with Crippen LogP contribution in [0.2, 0.25) is 0 Å². The molecule has 0 saturated heterocycles. The monoisotopic (exact) mass is 349 g/mol. The molecule has 0 aliphatic heterocycles. The van der Waals surface area contributed by atoms with Gasteiger partial charge in [-0.05, 0) is 54.4 Å². The topological polar surface area (TPSA) is 70.7 Å². The summed E-state index contributed by atoms with van der Waals surface area (Å²) in [7, 11) is 0. The smallest absolute Gasteiger partial charge is 0.182 e. The minimum atomic E-state index is -1.60. The van der Waals surface area contributed by atoms with Crippen molar-refractivity contribution in [2.24, 2.45) is 0 Å². The van der Waals surface area contributed by atoms with Crippen molar-refractivity contribution in [2.75, 3.05) is 0 Å². The Bertz CT molecular complexity index is 1110. The molecule has 130 valence electrons. The number of aliphatic hydroxyl groups excluding tert-OH is 1. The van der Waals surface area contributed by atoms with Crippen LogP contribution in [-0.2, 0) is 0 Å². The van der Waals surface area contributed by atoms with Crippen molar-refractivity contribution in [3.63, 3.8) is 0 Å². The van der Waals surface area contributed by atoms with Crippen LogP contribution in [0.3, 0.4) is 0 Å². The van der Waals surface area contributed by atoms with Gasteiger partial charge in [0.1, 0.15) is 5.82 Å². The first-order valence-corrected chi connectivity index (χ1v) is 8.10. The van der Waals surface area contributed by atoms with E-state index in [1.165, 1.54) is 12.3 Å². The Morgan fingerprint density at radius 2 is 1.92 bits per heavy atom. The molecule has 3 heterocycles. The molecule has 0 unspecified atom stereocenters. The number of nitrogens with zero attached hydrogens (tertiary/aromatic N) is 3. The average Bonchev–Trinajstić information content (AvgIpc) is 3.07. The van der Waals surface area contributed by atoms with E-state index in [1.807, 2.05) is 24.3 Å². The van der Waals surface area contributed by atoms with Crippen LogP contribution in [0.1, 0.15) is 17.4 Å². The minimum absolute atomic E-state index is 0.256. The normalized spacial score (nSPS) is 11.4. The van der Waals surface area contributed by atoms with E-state index >= 15 is 0 Å². The molecule has 4 rings (SSSR count). The lowest BCUT2D eigenvalue weighted by atomic mass is 9.98. The van der Waals surface area contributed by atoms with E-state index in [4.69, 9.17) is 0 Å². The van der Waals surface area contributed by atoms with Crippen molar-refractivity contribution in [3.8, 4) is 22.4 Å². The molecule has 0 atom stereocenters. The average molecular weight is 349 g/mol. The minimum Gasteiger partial charge on any atom is -0.364 e. The van der Waals surface area contributed by atoms with Crippen LogP contribution < -0.4 is 0 Å². The van der Waals surface area contributed by atoms with Crippen LogP contribution in [0.25, 0.3) is 27.9 Å². The fourth-order valence-corrected chi connectivity index (χ4v) is 3.03. The quantitative estimate of drug-likeness (QED) is 0.556. The number of aryl methyl sites for hydroxylation is 1. The van der Waals surface area contributed by atoms with Gasteiger partial charge in [-0.2, -0.15) is 5.10 Å². The fourth-order valence-electron chi connectivity index (χ4n) is 3.03. The summed E-state index contributed by atoms with van der Waals surface area (Å²) in [6, 6.07) is 12.4. The highest BCUT2D eigenvalue weighted by atomic mass is 19.1. The molecule has 0 aliphatic rings. The maximum Gasteiger partial charge on any atom is 0.182 e. The Morgan fingerprint density at radius 3 is 2.69 bits per heavy atom. The molecule has 6 heteroatoms. The number of aliphatic hydroxyl groups is 2. The van der Waals surface area contributed by atoms with Crippen molar-refractivity contribution in [1.82, 2.24) is 14.6 Å². The van der Waals surface area contributed by atoms with Crippen LogP contribution in [0.15, 0.2) is 61.1 Å². The van der Waals surface area contributed by atoms with Gasteiger partial charge in [-0.3, -0.25) is 4.98 Å². The third-order valence-electron chi connectivity index (χ3n) is 4.38. The van der Waals surface area contributed by atoms with E-state index in [-0.39, 0.29) is 5.82 Å². The summed E-state index contributed by atoms with van der Waals surface area (Å²) in [4.78, 5) is 4.48. The number of hydrogen-bond donors (Lipinski definition) is 2. The van der Waals surface area contributed by atoms with Crippen molar-refractivity contribution >= 4 is 5.52 Å². The van der Waals surface area contributed by atoms with Gasteiger partial charge in [0, 0.05) is 23.5 Å². The van der Waals surface area contributed by atoms with E-state index in [0.29, 0.717) is 16.6 Å². The zero-order valence-electron chi connectivity index (χ0n) is 14.0. The summed E-state index contributed by atoms with van der Waals surface area (Å²) < 4.78 is 15.2. The Kier molecular flexibility index (Phi) is 3.99. The Balaban J connectivity index is 1.90. The summed E-state index contributed by atoms with van der Waals surface area (Å²) >= 11 is 0. The zero-order valence-corrected chi connectivity index (χ0v) is 14.0. The molecule has 3 aromatic heterocycles. The highest BCUT2D eigenvalue weighted by Crippen LogP contribution is 2.32. The highest BCUT2D eigenvalue weighted by molar-refractivity contribution is 5.82. The molecule has 0 radical (unpaired) electrons. The van der Waals surface area contributed by atoms with Gasteiger partial charge in [-0.15, -0.1) is 0 Å². The SMILES string of the molecule is Cc1cc(-c2ncccc2-c2ccn3ncc(C(O)O)c3c2)ccc1F. The molecule has 1 aromatic carbocycles. The zero-order chi connectivity index (χ0) is 18.3. The fraction of sp³-hybridized carbons (Fsp3) is 0.100. The molecule has 0 fully saturated rings. The molecular weight excluding hydrogens is 333 g/mol. The van der Waals surface area contributed by atoms with E-state index in [0.717, 1.165) is 22.4 Å². The van der Waals surface area contributed by atoms with Gasteiger partial charge in [0.15, 0.2) is 6.29 Å². The summed E-state index contributed by atoms with van der Waals surface area (Å²) in [5.74, 6) is -0.256. The van der Waals surface area contributed by atoms with E-state index < -0.39 is 6.29 Å².